The summed E-state index contributed by atoms with van der Waals surface area (Å²) in [6.07, 6.45) is 0.279. The van der Waals surface area contributed by atoms with Crippen LogP contribution in [0.4, 0.5) is 4.79 Å². The van der Waals surface area contributed by atoms with E-state index in [0.717, 1.165) is 0 Å². The normalized spacial score (nSPS) is 21.6. The first kappa shape index (κ1) is 13.5. The lowest BCUT2D eigenvalue weighted by Gasteiger charge is -2.25. The van der Waals surface area contributed by atoms with Crippen molar-refractivity contribution in [2.45, 2.75) is 39.2 Å². The summed E-state index contributed by atoms with van der Waals surface area (Å²) in [4.78, 5) is 24.7. The van der Waals surface area contributed by atoms with Gasteiger partial charge in [0, 0.05) is 13.0 Å². The first-order valence-electron chi connectivity index (χ1n) is 5.71. The van der Waals surface area contributed by atoms with Crippen molar-refractivity contribution in [1.82, 2.24) is 4.90 Å². The molecule has 0 aliphatic carbocycles. The highest BCUT2D eigenvalue weighted by Crippen LogP contribution is 2.17. The lowest BCUT2D eigenvalue weighted by Crippen LogP contribution is -2.39. The number of ketones is 1. The van der Waals surface area contributed by atoms with E-state index in [0.29, 0.717) is 13.0 Å². The maximum Gasteiger partial charge on any atom is 0.410 e. The van der Waals surface area contributed by atoms with Gasteiger partial charge in [0.25, 0.3) is 0 Å². The summed E-state index contributed by atoms with van der Waals surface area (Å²) >= 11 is 0. The number of nitrogens with zero attached hydrogens (tertiary/aromatic N) is 2. The third kappa shape index (κ3) is 4.43. The Morgan fingerprint density at radius 1 is 1.53 bits per heavy atom. The van der Waals surface area contributed by atoms with E-state index in [4.69, 9.17) is 10.00 Å². The Kier molecular flexibility index (Phi) is 4.11. The van der Waals surface area contributed by atoms with E-state index in [2.05, 4.69) is 6.07 Å². The van der Waals surface area contributed by atoms with Crippen LogP contribution in [0, 0.1) is 17.2 Å². The van der Waals surface area contributed by atoms with E-state index in [-0.39, 0.29) is 24.7 Å². The second-order valence-electron chi connectivity index (χ2n) is 5.26. The van der Waals surface area contributed by atoms with Crippen molar-refractivity contribution in [1.29, 1.82) is 5.26 Å². The molecule has 94 valence electrons. The van der Waals surface area contributed by atoms with E-state index >= 15 is 0 Å². The maximum absolute atomic E-state index is 11.8. The summed E-state index contributed by atoms with van der Waals surface area (Å²) in [6, 6.07) is 2.08. The van der Waals surface area contributed by atoms with Crippen molar-refractivity contribution < 1.29 is 14.3 Å². The zero-order valence-electron chi connectivity index (χ0n) is 10.5. The molecule has 0 radical (unpaired) electrons. The molecule has 1 atom stereocenters. The molecule has 1 aliphatic rings. The molecule has 1 rings (SSSR count). The smallest absolute Gasteiger partial charge is 0.410 e. The summed E-state index contributed by atoms with van der Waals surface area (Å²) in [6.45, 7) is 5.79. The molecule has 1 heterocycles. The van der Waals surface area contributed by atoms with Gasteiger partial charge in [0.1, 0.15) is 5.60 Å². The summed E-state index contributed by atoms with van der Waals surface area (Å²) in [5.41, 5.74) is -0.568. The first-order valence-corrected chi connectivity index (χ1v) is 5.71. The zero-order valence-corrected chi connectivity index (χ0v) is 10.5. The molecule has 0 aromatic rings. The van der Waals surface area contributed by atoms with Crippen molar-refractivity contribution in [3.8, 4) is 6.07 Å². The summed E-state index contributed by atoms with van der Waals surface area (Å²) in [7, 11) is 0. The SMILES string of the molecule is CC(C)(C)OC(=O)N1CCC(C#N)CC(=O)C1. The fraction of sp³-hybridized carbons (Fsp3) is 0.750. The van der Waals surface area contributed by atoms with Crippen molar-refractivity contribution in [3.63, 3.8) is 0 Å². The van der Waals surface area contributed by atoms with Crippen LogP contribution in [0.1, 0.15) is 33.6 Å². The van der Waals surface area contributed by atoms with Crippen LogP contribution in [0.5, 0.6) is 0 Å². The molecule has 0 saturated carbocycles. The van der Waals surface area contributed by atoms with Crippen molar-refractivity contribution in [2.75, 3.05) is 13.1 Å². The number of likely N-dealkylation sites (tertiary alicyclic amines) is 1. The minimum atomic E-state index is -0.568. The van der Waals surface area contributed by atoms with Gasteiger partial charge in [-0.2, -0.15) is 5.26 Å². The maximum atomic E-state index is 11.8. The fourth-order valence-electron chi connectivity index (χ4n) is 1.64. The number of carbonyl (C=O) groups is 2. The van der Waals surface area contributed by atoms with Gasteiger partial charge in [-0.3, -0.25) is 4.79 Å². The number of hydrogen-bond acceptors (Lipinski definition) is 4. The quantitative estimate of drug-likeness (QED) is 0.644. The van der Waals surface area contributed by atoms with Crippen molar-refractivity contribution in [2.24, 2.45) is 5.92 Å². The topological polar surface area (TPSA) is 70.4 Å². The van der Waals surface area contributed by atoms with E-state index in [1.165, 1.54) is 4.90 Å². The molecule has 0 aromatic carbocycles. The Balaban J connectivity index is 2.63. The minimum Gasteiger partial charge on any atom is -0.444 e. The van der Waals surface area contributed by atoms with Crippen LogP contribution in [0.2, 0.25) is 0 Å². The van der Waals surface area contributed by atoms with Crippen LogP contribution >= 0.6 is 0 Å². The van der Waals surface area contributed by atoms with Gasteiger partial charge < -0.3 is 9.64 Å². The van der Waals surface area contributed by atoms with Crippen LogP contribution in [-0.2, 0) is 9.53 Å². The van der Waals surface area contributed by atoms with Gasteiger partial charge in [-0.1, -0.05) is 0 Å². The molecule has 0 spiro atoms. The average molecular weight is 238 g/mol. The lowest BCUT2D eigenvalue weighted by atomic mass is 10.0. The van der Waals surface area contributed by atoms with Crippen LogP contribution in [0.3, 0.4) is 0 Å². The molecule has 0 N–H and O–H groups in total. The van der Waals surface area contributed by atoms with Gasteiger partial charge in [0.05, 0.1) is 18.5 Å². The second kappa shape index (κ2) is 5.17. The van der Waals surface area contributed by atoms with E-state index in [9.17, 15) is 9.59 Å². The van der Waals surface area contributed by atoms with Gasteiger partial charge in [0.2, 0.25) is 0 Å². The van der Waals surface area contributed by atoms with E-state index in [1.807, 2.05) is 0 Å². The molecule has 0 aromatic heterocycles. The molecule has 17 heavy (non-hydrogen) atoms. The highest BCUT2D eigenvalue weighted by molar-refractivity contribution is 5.84. The predicted octanol–water partition coefficient (Wildman–Crippen LogP) is 1.73. The number of carbonyl (C=O) groups excluding carboxylic acids is 2. The number of nitriles is 1. The summed E-state index contributed by atoms with van der Waals surface area (Å²) in [5.74, 6) is -0.366. The molecule has 5 heteroatoms. The summed E-state index contributed by atoms with van der Waals surface area (Å²) < 4.78 is 5.20. The van der Waals surface area contributed by atoms with Crippen LogP contribution in [-0.4, -0.2) is 35.5 Å². The molecule has 1 amide bonds. The highest BCUT2D eigenvalue weighted by Gasteiger charge is 2.28. The van der Waals surface area contributed by atoms with Crippen LogP contribution < -0.4 is 0 Å². The van der Waals surface area contributed by atoms with Gasteiger partial charge in [-0.25, -0.2) is 4.79 Å². The first-order chi connectivity index (χ1) is 7.81. The highest BCUT2D eigenvalue weighted by atomic mass is 16.6. The second-order valence-corrected chi connectivity index (χ2v) is 5.26. The Morgan fingerprint density at radius 2 is 2.18 bits per heavy atom. The zero-order chi connectivity index (χ0) is 13.1. The predicted molar refractivity (Wildman–Crippen MR) is 61.2 cm³/mol. The van der Waals surface area contributed by atoms with E-state index < -0.39 is 11.7 Å². The number of hydrogen-bond donors (Lipinski definition) is 0. The third-order valence-corrected chi connectivity index (χ3v) is 2.42. The van der Waals surface area contributed by atoms with Crippen LogP contribution in [0.15, 0.2) is 0 Å². The van der Waals surface area contributed by atoms with Crippen molar-refractivity contribution >= 4 is 11.9 Å². The number of Topliss-reactive ketones (excluding diaryl/α,β-unsaturated/α-hetero) is 1. The molecular formula is C12H18N2O3. The Hall–Kier alpha value is -1.57. The molecule has 0 bridgehead atoms. The molecule has 1 aliphatic heterocycles. The monoisotopic (exact) mass is 238 g/mol. The van der Waals surface area contributed by atoms with E-state index in [1.54, 1.807) is 20.8 Å². The van der Waals surface area contributed by atoms with Gasteiger partial charge in [-0.05, 0) is 27.2 Å². The largest absolute Gasteiger partial charge is 0.444 e. The molecule has 5 nitrogen and oxygen atoms in total. The average Bonchev–Trinajstić information content (AvgIpc) is 2.37. The summed E-state index contributed by atoms with van der Waals surface area (Å²) in [5, 5.41) is 8.81. The molecule has 1 saturated heterocycles. The molecular weight excluding hydrogens is 220 g/mol. The fourth-order valence-corrected chi connectivity index (χ4v) is 1.64. The Bertz CT molecular complexity index is 352. The number of ether oxygens (including phenoxy) is 1. The standard InChI is InChI=1S/C12H18N2O3/c1-12(2,3)17-11(16)14-5-4-9(7-13)6-10(15)8-14/h9H,4-6,8H2,1-3H3. The minimum absolute atomic E-state index is 0.0487. The Morgan fingerprint density at radius 3 is 2.71 bits per heavy atom. The van der Waals surface area contributed by atoms with Gasteiger partial charge in [-0.15, -0.1) is 0 Å². The molecule has 1 fully saturated rings. The number of amides is 1. The third-order valence-electron chi connectivity index (χ3n) is 2.42. The lowest BCUT2D eigenvalue weighted by molar-refractivity contribution is -0.120. The van der Waals surface area contributed by atoms with Crippen LogP contribution in [0.25, 0.3) is 0 Å². The Labute approximate surface area is 101 Å². The van der Waals surface area contributed by atoms with Gasteiger partial charge in [0.15, 0.2) is 5.78 Å². The van der Waals surface area contributed by atoms with Crippen molar-refractivity contribution in [3.05, 3.63) is 0 Å². The molecule has 1 unspecified atom stereocenters. The van der Waals surface area contributed by atoms with Gasteiger partial charge >= 0.3 is 6.09 Å². The number of rotatable bonds is 0.